The van der Waals surface area contributed by atoms with E-state index in [9.17, 15) is 9.18 Å². The van der Waals surface area contributed by atoms with E-state index in [4.69, 9.17) is 5.73 Å². The number of fused-ring (bicyclic) bond motifs is 1. The molecule has 7 heteroatoms. The average Bonchev–Trinajstić information content (AvgIpc) is 3.29. The first-order valence-corrected chi connectivity index (χ1v) is 8.54. The molecule has 1 aliphatic rings. The molecule has 2 N–H and O–H groups in total. The minimum atomic E-state index is -0.629. The number of anilines is 1. The van der Waals surface area contributed by atoms with Gasteiger partial charge >= 0.3 is 0 Å². The second kappa shape index (κ2) is 5.83. The van der Waals surface area contributed by atoms with Crippen LogP contribution in [0.4, 0.5) is 10.2 Å². The lowest BCUT2D eigenvalue weighted by atomic mass is 10.1. The summed E-state index contributed by atoms with van der Waals surface area (Å²) < 4.78 is 15.4. The molecule has 0 saturated heterocycles. The van der Waals surface area contributed by atoms with Crippen molar-refractivity contribution in [3.63, 3.8) is 0 Å². The van der Waals surface area contributed by atoms with E-state index in [2.05, 4.69) is 14.9 Å². The maximum atomic E-state index is 14.4. The van der Waals surface area contributed by atoms with Crippen molar-refractivity contribution in [1.29, 1.82) is 0 Å². The summed E-state index contributed by atoms with van der Waals surface area (Å²) in [6.45, 7) is 0.402. The Morgan fingerprint density at radius 1 is 1.33 bits per heavy atom. The number of amides is 1. The zero-order valence-corrected chi connectivity index (χ0v) is 13.6. The molecule has 24 heavy (non-hydrogen) atoms. The Morgan fingerprint density at radius 3 is 2.88 bits per heavy atom. The van der Waals surface area contributed by atoms with E-state index in [1.807, 2.05) is 11.4 Å². The van der Waals surface area contributed by atoms with E-state index in [1.165, 1.54) is 6.07 Å². The number of aromatic nitrogens is 2. The van der Waals surface area contributed by atoms with Crippen LogP contribution in [-0.2, 0) is 6.54 Å². The van der Waals surface area contributed by atoms with Crippen LogP contribution >= 0.6 is 11.3 Å². The van der Waals surface area contributed by atoms with Gasteiger partial charge in [0.2, 0.25) is 5.91 Å². The van der Waals surface area contributed by atoms with Gasteiger partial charge in [-0.05, 0) is 36.4 Å². The maximum Gasteiger partial charge on any atom is 0.248 e. The molecule has 0 radical (unpaired) electrons. The lowest BCUT2D eigenvalue weighted by molar-refractivity contribution is 0.1000. The Labute approximate surface area is 141 Å². The van der Waals surface area contributed by atoms with E-state index < -0.39 is 11.7 Å². The summed E-state index contributed by atoms with van der Waals surface area (Å²) in [5.74, 6) is -0.208. The second-order valence-electron chi connectivity index (χ2n) is 5.86. The van der Waals surface area contributed by atoms with Crippen LogP contribution in [-0.4, -0.2) is 21.9 Å². The summed E-state index contributed by atoms with van der Waals surface area (Å²) in [5, 5.41) is 1.98. The fourth-order valence-electron chi connectivity index (χ4n) is 2.76. The third-order valence-electron chi connectivity index (χ3n) is 4.16. The summed E-state index contributed by atoms with van der Waals surface area (Å²) in [7, 11) is 0. The normalized spacial score (nSPS) is 14.0. The average molecular weight is 342 g/mol. The maximum absolute atomic E-state index is 14.4. The summed E-state index contributed by atoms with van der Waals surface area (Å²) in [6.07, 6.45) is 3.68. The van der Waals surface area contributed by atoms with Crippen LogP contribution in [0.25, 0.3) is 10.2 Å². The van der Waals surface area contributed by atoms with Gasteiger partial charge in [0.05, 0.1) is 10.2 Å². The topological polar surface area (TPSA) is 72.1 Å². The highest BCUT2D eigenvalue weighted by atomic mass is 32.1. The third-order valence-corrected chi connectivity index (χ3v) is 5.06. The largest absolute Gasteiger partial charge is 0.366 e. The van der Waals surface area contributed by atoms with Crippen LogP contribution in [0.15, 0.2) is 36.0 Å². The molecule has 4 rings (SSSR count). The number of hydrogen-bond donors (Lipinski definition) is 1. The highest BCUT2D eigenvalue weighted by Gasteiger charge is 2.32. The first-order chi connectivity index (χ1) is 11.6. The van der Waals surface area contributed by atoms with Crippen molar-refractivity contribution in [3.8, 4) is 0 Å². The first kappa shape index (κ1) is 15.0. The van der Waals surface area contributed by atoms with E-state index in [1.54, 1.807) is 29.8 Å². The Morgan fingerprint density at radius 2 is 2.17 bits per heavy atom. The molecule has 1 aliphatic carbocycles. The van der Waals surface area contributed by atoms with Gasteiger partial charge in [-0.2, -0.15) is 0 Å². The molecule has 0 spiro atoms. The van der Waals surface area contributed by atoms with Gasteiger partial charge in [0, 0.05) is 23.7 Å². The molecule has 3 aromatic rings. The molecule has 5 nitrogen and oxygen atoms in total. The zero-order valence-electron chi connectivity index (χ0n) is 12.8. The van der Waals surface area contributed by atoms with Crippen LogP contribution in [0.3, 0.4) is 0 Å². The molecular weight excluding hydrogens is 327 g/mol. The molecule has 1 aromatic carbocycles. The molecule has 1 amide bonds. The van der Waals surface area contributed by atoms with Gasteiger partial charge in [-0.1, -0.05) is 6.07 Å². The molecule has 2 heterocycles. The lowest BCUT2D eigenvalue weighted by Crippen LogP contribution is -2.26. The molecule has 1 saturated carbocycles. The monoisotopic (exact) mass is 342 g/mol. The van der Waals surface area contributed by atoms with Gasteiger partial charge in [0.1, 0.15) is 12.1 Å². The summed E-state index contributed by atoms with van der Waals surface area (Å²) in [5.41, 5.74) is 6.81. The number of halogens is 1. The van der Waals surface area contributed by atoms with Crippen molar-refractivity contribution in [2.45, 2.75) is 25.4 Å². The molecule has 1 fully saturated rings. The van der Waals surface area contributed by atoms with Crippen molar-refractivity contribution in [3.05, 3.63) is 52.9 Å². The Balaban J connectivity index is 1.70. The van der Waals surface area contributed by atoms with Crippen molar-refractivity contribution in [1.82, 2.24) is 9.97 Å². The number of thiophene rings is 1. The quantitative estimate of drug-likeness (QED) is 0.773. The first-order valence-electron chi connectivity index (χ1n) is 7.66. The minimum Gasteiger partial charge on any atom is -0.366 e. The van der Waals surface area contributed by atoms with Gasteiger partial charge < -0.3 is 10.6 Å². The number of hydrogen-bond acceptors (Lipinski definition) is 5. The van der Waals surface area contributed by atoms with Crippen LogP contribution in [0, 0.1) is 5.82 Å². The Kier molecular flexibility index (Phi) is 3.65. The van der Waals surface area contributed by atoms with Gasteiger partial charge in [0.25, 0.3) is 0 Å². The standard InChI is InChI=1S/C17H15FN4OS/c18-13-7-10(16(19)23)1-2-11(13)8-22(12-3-4-12)17-15-14(5-6-24-15)20-9-21-17/h1-2,5-7,9,12H,3-4,8H2,(H2,19,23). The molecule has 2 aromatic heterocycles. The smallest absolute Gasteiger partial charge is 0.248 e. The highest BCUT2D eigenvalue weighted by molar-refractivity contribution is 7.17. The summed E-state index contributed by atoms with van der Waals surface area (Å²) in [4.78, 5) is 22.0. The summed E-state index contributed by atoms with van der Waals surface area (Å²) >= 11 is 1.59. The van der Waals surface area contributed by atoms with Crippen molar-refractivity contribution < 1.29 is 9.18 Å². The predicted molar refractivity (Wildman–Crippen MR) is 91.5 cm³/mol. The SMILES string of the molecule is NC(=O)c1ccc(CN(c2ncnc3ccsc23)C2CC2)c(F)c1. The zero-order chi connectivity index (χ0) is 16.7. The number of rotatable bonds is 5. The van der Waals surface area contributed by atoms with Gasteiger partial charge in [-0.25, -0.2) is 14.4 Å². The Hall–Kier alpha value is -2.54. The molecule has 0 aliphatic heterocycles. The number of carbonyl (C=O) groups is 1. The number of nitrogens with two attached hydrogens (primary N) is 1. The van der Waals surface area contributed by atoms with E-state index >= 15 is 0 Å². The van der Waals surface area contributed by atoms with Crippen LogP contribution in [0.5, 0.6) is 0 Å². The number of carbonyl (C=O) groups excluding carboxylic acids is 1. The third kappa shape index (κ3) is 2.71. The predicted octanol–water partition coefficient (Wildman–Crippen LogP) is 3.10. The fraction of sp³-hybridized carbons (Fsp3) is 0.235. The fourth-order valence-corrected chi connectivity index (χ4v) is 3.61. The molecule has 0 atom stereocenters. The number of benzene rings is 1. The van der Waals surface area contributed by atoms with Gasteiger partial charge in [0.15, 0.2) is 5.82 Å². The van der Waals surface area contributed by atoms with Crippen LogP contribution < -0.4 is 10.6 Å². The number of primary amides is 1. The molecule has 122 valence electrons. The van der Waals surface area contributed by atoms with Gasteiger partial charge in [-0.3, -0.25) is 4.79 Å². The van der Waals surface area contributed by atoms with Crippen molar-refractivity contribution in [2.24, 2.45) is 5.73 Å². The lowest BCUT2D eigenvalue weighted by Gasteiger charge is -2.24. The number of nitrogens with zero attached hydrogens (tertiary/aromatic N) is 3. The summed E-state index contributed by atoms with van der Waals surface area (Å²) in [6, 6.07) is 6.70. The molecule has 0 bridgehead atoms. The van der Waals surface area contributed by atoms with E-state index in [0.29, 0.717) is 18.2 Å². The van der Waals surface area contributed by atoms with Crippen molar-refractivity contribution >= 4 is 33.3 Å². The highest BCUT2D eigenvalue weighted by Crippen LogP contribution is 2.37. The second-order valence-corrected chi connectivity index (χ2v) is 6.78. The molecular formula is C17H15FN4OS. The van der Waals surface area contributed by atoms with E-state index in [0.717, 1.165) is 28.9 Å². The minimum absolute atomic E-state index is 0.178. The Bertz CT molecular complexity index is 922. The van der Waals surface area contributed by atoms with Crippen molar-refractivity contribution in [2.75, 3.05) is 4.90 Å². The van der Waals surface area contributed by atoms with E-state index in [-0.39, 0.29) is 5.56 Å². The van der Waals surface area contributed by atoms with Crippen LogP contribution in [0.1, 0.15) is 28.8 Å². The van der Waals surface area contributed by atoms with Crippen LogP contribution in [0.2, 0.25) is 0 Å². The van der Waals surface area contributed by atoms with Gasteiger partial charge in [-0.15, -0.1) is 11.3 Å². The molecule has 0 unspecified atom stereocenters.